The normalized spacial score (nSPS) is 11.8. The van der Waals surface area contributed by atoms with Crippen LogP contribution >= 0.6 is 0 Å². The van der Waals surface area contributed by atoms with Gasteiger partial charge in [-0.1, -0.05) is 6.08 Å². The molecule has 0 radical (unpaired) electrons. The molecule has 0 aliphatic heterocycles. The van der Waals surface area contributed by atoms with Crippen LogP contribution in [0, 0.1) is 10.1 Å². The number of carbonyl (C=O) groups excluding carboxylic acids is 1. The van der Waals surface area contributed by atoms with Crippen molar-refractivity contribution in [2.24, 2.45) is 0 Å². The molecule has 1 aromatic heterocycles. The molecule has 0 spiro atoms. The van der Waals surface area contributed by atoms with Crippen molar-refractivity contribution in [3.8, 4) is 0 Å². The van der Waals surface area contributed by atoms with E-state index in [1.165, 1.54) is 18.2 Å². The first kappa shape index (κ1) is 18.1. The van der Waals surface area contributed by atoms with E-state index in [9.17, 15) is 19.7 Å². The number of amides is 1. The van der Waals surface area contributed by atoms with E-state index in [4.69, 9.17) is 9.84 Å². The lowest BCUT2D eigenvalue weighted by atomic mass is 10.2. The zero-order valence-electron chi connectivity index (χ0n) is 13.3. The van der Waals surface area contributed by atoms with Gasteiger partial charge in [0, 0.05) is 29.2 Å². The molecule has 0 saturated carbocycles. The fraction of sp³-hybridized carbons (Fsp3) is 0.250. The zero-order valence-corrected chi connectivity index (χ0v) is 13.3. The fourth-order valence-electron chi connectivity index (χ4n) is 2.28. The van der Waals surface area contributed by atoms with Crippen LogP contribution < -0.4 is 5.32 Å². The molecule has 0 aliphatic rings. The number of aliphatic carboxylic acids is 1. The van der Waals surface area contributed by atoms with Crippen molar-refractivity contribution in [3.05, 3.63) is 53.2 Å². The van der Waals surface area contributed by atoms with E-state index in [1.807, 2.05) is 0 Å². The Balaban J connectivity index is 2.06. The molecule has 9 nitrogen and oxygen atoms in total. The van der Waals surface area contributed by atoms with Crippen molar-refractivity contribution in [2.45, 2.75) is 12.6 Å². The topological polar surface area (TPSA) is 124 Å². The number of aromatic nitrogens is 1. The molecule has 1 heterocycles. The van der Waals surface area contributed by atoms with E-state index in [1.54, 1.807) is 22.9 Å². The van der Waals surface area contributed by atoms with Gasteiger partial charge in [-0.3, -0.25) is 14.9 Å². The Labute approximate surface area is 142 Å². The maximum atomic E-state index is 12.1. The summed E-state index contributed by atoms with van der Waals surface area (Å²) in [5.41, 5.74) is 0.593. The minimum absolute atomic E-state index is 0.0417. The zero-order chi connectivity index (χ0) is 18.4. The summed E-state index contributed by atoms with van der Waals surface area (Å²) in [6, 6.07) is 4.78. The van der Waals surface area contributed by atoms with Crippen molar-refractivity contribution < 1.29 is 24.4 Å². The lowest BCUT2D eigenvalue weighted by Gasteiger charge is -2.15. The number of nitro groups is 1. The molecule has 9 heteroatoms. The van der Waals surface area contributed by atoms with E-state index in [2.05, 4.69) is 11.9 Å². The molecule has 25 heavy (non-hydrogen) atoms. The van der Waals surface area contributed by atoms with Crippen molar-refractivity contribution in [3.63, 3.8) is 0 Å². The summed E-state index contributed by atoms with van der Waals surface area (Å²) >= 11 is 0. The predicted octanol–water partition coefficient (Wildman–Crippen LogP) is 1.32. The second-order valence-corrected chi connectivity index (χ2v) is 5.23. The SMILES string of the molecule is C=CCOCC(NC(=O)Cn1ccc2cc([N+](=O)[O-])ccc21)C(=O)O. The average molecular weight is 347 g/mol. The van der Waals surface area contributed by atoms with Gasteiger partial charge in [-0.2, -0.15) is 0 Å². The van der Waals surface area contributed by atoms with Crippen LogP contribution in [-0.2, 0) is 20.9 Å². The van der Waals surface area contributed by atoms with Gasteiger partial charge in [-0.05, 0) is 12.1 Å². The minimum Gasteiger partial charge on any atom is -0.480 e. The van der Waals surface area contributed by atoms with Gasteiger partial charge in [0.25, 0.3) is 5.69 Å². The molecule has 1 unspecified atom stereocenters. The van der Waals surface area contributed by atoms with Crippen molar-refractivity contribution >= 4 is 28.5 Å². The first-order valence-corrected chi connectivity index (χ1v) is 7.36. The number of carboxylic acids is 1. The van der Waals surface area contributed by atoms with Crippen molar-refractivity contribution in [1.82, 2.24) is 9.88 Å². The van der Waals surface area contributed by atoms with Gasteiger partial charge in [0.2, 0.25) is 5.91 Å². The molecule has 2 rings (SSSR count). The Morgan fingerprint density at radius 2 is 2.20 bits per heavy atom. The van der Waals surface area contributed by atoms with E-state index in [-0.39, 0.29) is 25.4 Å². The number of benzene rings is 1. The summed E-state index contributed by atoms with van der Waals surface area (Å²) < 4.78 is 6.65. The number of nitrogens with one attached hydrogen (secondary N) is 1. The first-order valence-electron chi connectivity index (χ1n) is 7.36. The summed E-state index contributed by atoms with van der Waals surface area (Å²) in [5.74, 6) is -1.71. The molecule has 132 valence electrons. The third kappa shape index (κ3) is 4.64. The number of carboxylic acid groups (broad SMARTS) is 1. The van der Waals surface area contributed by atoms with Crippen LogP contribution in [0.4, 0.5) is 5.69 Å². The Bertz CT molecular complexity index is 813. The molecule has 0 bridgehead atoms. The fourth-order valence-corrected chi connectivity index (χ4v) is 2.28. The Morgan fingerprint density at radius 3 is 2.84 bits per heavy atom. The van der Waals surface area contributed by atoms with Gasteiger partial charge in [-0.15, -0.1) is 6.58 Å². The highest BCUT2D eigenvalue weighted by Gasteiger charge is 2.20. The molecular weight excluding hydrogens is 330 g/mol. The number of nitrogens with zero attached hydrogens (tertiary/aromatic N) is 2. The number of fused-ring (bicyclic) bond motifs is 1. The van der Waals surface area contributed by atoms with Crippen LogP contribution in [0.2, 0.25) is 0 Å². The summed E-state index contributed by atoms with van der Waals surface area (Å²) in [6.45, 7) is 3.34. The number of ether oxygens (including phenoxy) is 1. The molecule has 0 aliphatic carbocycles. The molecule has 0 saturated heterocycles. The van der Waals surface area contributed by atoms with Gasteiger partial charge in [0.1, 0.15) is 6.54 Å². The standard InChI is InChI=1S/C16H17N3O6/c1-2-7-25-10-13(16(21)22)17-15(20)9-18-6-5-11-8-12(19(23)24)3-4-14(11)18/h2-6,8,13H,1,7,9-10H2,(H,17,20)(H,21,22). The minimum atomic E-state index is -1.20. The lowest BCUT2D eigenvalue weighted by Crippen LogP contribution is -2.45. The van der Waals surface area contributed by atoms with Crippen LogP contribution in [0.5, 0.6) is 0 Å². The summed E-state index contributed by atoms with van der Waals surface area (Å²) in [6.07, 6.45) is 3.09. The predicted molar refractivity (Wildman–Crippen MR) is 89.2 cm³/mol. The number of carbonyl (C=O) groups is 2. The highest BCUT2D eigenvalue weighted by Crippen LogP contribution is 2.21. The number of non-ortho nitro benzene ring substituents is 1. The van der Waals surface area contributed by atoms with Gasteiger partial charge < -0.3 is 19.7 Å². The van der Waals surface area contributed by atoms with Gasteiger partial charge in [0.15, 0.2) is 6.04 Å². The monoisotopic (exact) mass is 347 g/mol. The number of rotatable bonds is 9. The highest BCUT2D eigenvalue weighted by atomic mass is 16.6. The molecule has 1 amide bonds. The number of hydrogen-bond acceptors (Lipinski definition) is 5. The lowest BCUT2D eigenvalue weighted by molar-refractivity contribution is -0.384. The third-order valence-electron chi connectivity index (χ3n) is 3.43. The maximum absolute atomic E-state index is 12.1. The van der Waals surface area contributed by atoms with Gasteiger partial charge >= 0.3 is 5.97 Å². The summed E-state index contributed by atoms with van der Waals surface area (Å²) in [5, 5.41) is 22.9. The van der Waals surface area contributed by atoms with E-state index >= 15 is 0 Å². The molecule has 1 atom stereocenters. The Kier molecular flexibility index (Phi) is 5.85. The Morgan fingerprint density at radius 1 is 1.44 bits per heavy atom. The molecule has 1 aromatic carbocycles. The van der Waals surface area contributed by atoms with Gasteiger partial charge in [-0.25, -0.2) is 4.79 Å². The van der Waals surface area contributed by atoms with E-state index in [0.717, 1.165) is 0 Å². The summed E-state index contributed by atoms with van der Waals surface area (Å²) in [7, 11) is 0. The second-order valence-electron chi connectivity index (χ2n) is 5.23. The number of hydrogen-bond donors (Lipinski definition) is 2. The van der Waals surface area contributed by atoms with Crippen LogP contribution in [-0.4, -0.2) is 45.7 Å². The van der Waals surface area contributed by atoms with E-state index < -0.39 is 22.8 Å². The number of nitro benzene ring substituents is 1. The Hall–Kier alpha value is -3.20. The molecule has 2 N–H and O–H groups in total. The van der Waals surface area contributed by atoms with Crippen LogP contribution in [0.1, 0.15) is 0 Å². The van der Waals surface area contributed by atoms with E-state index in [0.29, 0.717) is 10.9 Å². The maximum Gasteiger partial charge on any atom is 0.328 e. The average Bonchev–Trinajstić information content (AvgIpc) is 2.96. The summed E-state index contributed by atoms with van der Waals surface area (Å²) in [4.78, 5) is 33.5. The largest absolute Gasteiger partial charge is 0.480 e. The first-order chi connectivity index (χ1) is 11.9. The van der Waals surface area contributed by atoms with Crippen LogP contribution in [0.25, 0.3) is 10.9 Å². The second kappa shape index (κ2) is 8.06. The van der Waals surface area contributed by atoms with Gasteiger partial charge in [0.05, 0.1) is 18.1 Å². The van der Waals surface area contributed by atoms with Crippen molar-refractivity contribution in [1.29, 1.82) is 0 Å². The molecule has 2 aromatic rings. The van der Waals surface area contributed by atoms with Crippen LogP contribution in [0.3, 0.4) is 0 Å². The highest BCUT2D eigenvalue weighted by molar-refractivity contribution is 5.87. The smallest absolute Gasteiger partial charge is 0.328 e. The molecule has 0 fully saturated rings. The quantitative estimate of drug-likeness (QED) is 0.305. The third-order valence-corrected chi connectivity index (χ3v) is 3.43. The molecular formula is C16H17N3O6. The van der Waals surface area contributed by atoms with Crippen molar-refractivity contribution in [2.75, 3.05) is 13.2 Å². The van der Waals surface area contributed by atoms with Crippen LogP contribution in [0.15, 0.2) is 43.1 Å².